The van der Waals surface area contributed by atoms with Crippen LogP contribution in [0.1, 0.15) is 11.1 Å². The van der Waals surface area contributed by atoms with E-state index in [4.69, 9.17) is 11.5 Å². The Bertz CT molecular complexity index is 3510. The normalized spacial score (nSPS) is 13.2. The molecule has 0 aliphatic carbocycles. The van der Waals surface area contributed by atoms with E-state index >= 15 is 0 Å². The fourth-order valence-electron chi connectivity index (χ4n) is 6.46. The predicted molar refractivity (Wildman–Crippen MR) is 230 cm³/mol. The van der Waals surface area contributed by atoms with Crippen LogP contribution in [0.5, 0.6) is 0 Å². The smallest absolute Gasteiger partial charge is 0.295 e. The summed E-state index contributed by atoms with van der Waals surface area (Å²) in [4.78, 5) is -5.02. The van der Waals surface area contributed by atoms with E-state index in [0.717, 1.165) is 84.9 Å². The average molecular weight is 1020 g/mol. The number of hydrogen-bond donors (Lipinski definition) is 8. The summed E-state index contributed by atoms with van der Waals surface area (Å²) < 4.78 is 207. The molecule has 10 N–H and O–H groups in total. The van der Waals surface area contributed by atoms with E-state index in [1.54, 1.807) is 0 Å². The molecular formula is C34H28N6NaO18S6. The Hall–Kier alpha value is -4.90. The van der Waals surface area contributed by atoms with Crippen molar-refractivity contribution in [3.05, 3.63) is 96.1 Å². The zero-order valence-corrected chi connectivity index (χ0v) is 39.4. The number of nitrogens with two attached hydrogens (primary N) is 2. The molecule has 0 bridgehead atoms. The minimum absolute atomic E-state index is 0. The summed E-state index contributed by atoms with van der Waals surface area (Å²) >= 11 is 0. The van der Waals surface area contributed by atoms with E-state index in [2.05, 4.69) is 20.5 Å². The molecular weight excluding hydrogens is 996 g/mol. The number of azo groups is 2. The summed E-state index contributed by atoms with van der Waals surface area (Å²) in [5.41, 5.74) is 9.04. The first kappa shape index (κ1) is 51.1. The van der Waals surface area contributed by atoms with Gasteiger partial charge in [0.25, 0.3) is 60.7 Å². The van der Waals surface area contributed by atoms with Gasteiger partial charge in [-0.15, -0.1) is 10.2 Å². The second-order valence-corrected chi connectivity index (χ2v) is 21.6. The molecule has 0 aliphatic heterocycles. The number of rotatable bonds is 13. The van der Waals surface area contributed by atoms with Gasteiger partial charge in [-0.1, -0.05) is 36.4 Å². The summed E-state index contributed by atoms with van der Waals surface area (Å²) in [7, 11) is -30.4. The SMILES string of the molecule is Nc1c(N=Nc2ccc(CCc3ccc(N=Nc4cc(S(=O)(=O)O)c5cccc(S(=O)(=O)O)c5c4N)cc3S(=O)(=O)O)c(S(=O)(=O)O)c2)cc(S(=O)(=O)O)c2cccc(S(=O)(=O)O)c12.[Na]. The van der Waals surface area contributed by atoms with Crippen molar-refractivity contribution >= 4 is 146 Å². The van der Waals surface area contributed by atoms with Crippen molar-refractivity contribution in [3.63, 3.8) is 0 Å². The van der Waals surface area contributed by atoms with E-state index in [-0.39, 0.29) is 64.9 Å². The third-order valence-corrected chi connectivity index (χ3v) is 14.6. The Balaban J connectivity index is 0.00000793. The number of aryl methyl sites for hydroxylation is 2. The molecule has 0 aromatic heterocycles. The Morgan fingerprint density at radius 1 is 0.385 bits per heavy atom. The van der Waals surface area contributed by atoms with Gasteiger partial charge < -0.3 is 11.5 Å². The average Bonchev–Trinajstić information content (AvgIpc) is 3.17. The van der Waals surface area contributed by atoms with Gasteiger partial charge >= 0.3 is 0 Å². The van der Waals surface area contributed by atoms with Crippen LogP contribution in [0, 0.1) is 0 Å². The predicted octanol–water partition coefficient (Wildman–Crippen LogP) is 4.87. The van der Waals surface area contributed by atoms with Gasteiger partial charge in [0.05, 0.1) is 32.5 Å². The maximum absolute atomic E-state index is 12.5. The van der Waals surface area contributed by atoms with Crippen LogP contribution in [-0.4, -0.2) is 107 Å². The topological polar surface area (TPSA) is 428 Å². The van der Waals surface area contributed by atoms with Gasteiger partial charge in [-0.2, -0.15) is 60.7 Å². The third kappa shape index (κ3) is 11.0. The van der Waals surface area contributed by atoms with E-state index in [9.17, 15) is 77.8 Å². The molecule has 6 aromatic carbocycles. The van der Waals surface area contributed by atoms with Gasteiger partial charge in [-0.25, -0.2) is 0 Å². The Labute approximate surface area is 390 Å². The molecule has 31 heteroatoms. The summed E-state index contributed by atoms with van der Waals surface area (Å²) in [5, 5.41) is 13.2. The van der Waals surface area contributed by atoms with E-state index in [0.29, 0.717) is 0 Å². The first-order valence-corrected chi connectivity index (χ1v) is 25.7. The largest absolute Gasteiger partial charge is 0.396 e. The Morgan fingerprint density at radius 3 is 0.985 bits per heavy atom. The molecule has 24 nitrogen and oxygen atoms in total. The molecule has 0 heterocycles. The van der Waals surface area contributed by atoms with Crippen molar-refractivity contribution in [3.8, 4) is 0 Å². The minimum Gasteiger partial charge on any atom is -0.396 e. The van der Waals surface area contributed by atoms with E-state index in [1.165, 1.54) is 0 Å². The molecule has 0 saturated heterocycles. The second-order valence-electron chi connectivity index (χ2n) is 13.3. The van der Waals surface area contributed by atoms with Crippen LogP contribution in [0.15, 0.2) is 135 Å². The fraction of sp³-hybridized carbons (Fsp3) is 0.0588. The molecule has 65 heavy (non-hydrogen) atoms. The van der Waals surface area contributed by atoms with Crippen LogP contribution >= 0.6 is 0 Å². The molecule has 0 amide bonds. The molecule has 0 atom stereocenters. The number of nitrogens with zero attached hydrogens (tertiary/aromatic N) is 4. The molecule has 0 saturated carbocycles. The summed E-state index contributed by atoms with van der Waals surface area (Å²) in [6, 6.07) is 13.7. The molecule has 1 radical (unpaired) electrons. The molecule has 6 rings (SSSR count). The molecule has 0 spiro atoms. The van der Waals surface area contributed by atoms with Crippen LogP contribution in [0.3, 0.4) is 0 Å². The monoisotopic (exact) mass is 1020 g/mol. The van der Waals surface area contributed by atoms with Crippen LogP contribution < -0.4 is 11.5 Å². The van der Waals surface area contributed by atoms with E-state index in [1.807, 2.05) is 0 Å². The zero-order valence-electron chi connectivity index (χ0n) is 32.5. The van der Waals surface area contributed by atoms with E-state index < -0.39 is 134 Å². The van der Waals surface area contributed by atoms with Gasteiger partial charge in [-0.05, 0) is 72.5 Å². The maximum Gasteiger partial charge on any atom is 0.295 e. The van der Waals surface area contributed by atoms with Gasteiger partial charge in [-0.3, -0.25) is 27.3 Å². The van der Waals surface area contributed by atoms with Crippen molar-refractivity contribution in [2.45, 2.75) is 42.2 Å². The van der Waals surface area contributed by atoms with Crippen molar-refractivity contribution in [1.29, 1.82) is 0 Å². The van der Waals surface area contributed by atoms with Crippen LogP contribution in [0.4, 0.5) is 34.1 Å². The first-order chi connectivity index (χ1) is 29.4. The van der Waals surface area contributed by atoms with Gasteiger partial charge in [0.2, 0.25) is 0 Å². The second kappa shape index (κ2) is 18.1. The van der Waals surface area contributed by atoms with Gasteiger partial charge in [0.15, 0.2) is 0 Å². The molecule has 0 fully saturated rings. The Kier molecular flexibility index (Phi) is 14.2. The molecule has 0 aliphatic rings. The van der Waals surface area contributed by atoms with Crippen molar-refractivity contribution in [1.82, 2.24) is 0 Å². The van der Waals surface area contributed by atoms with Gasteiger partial charge in [0.1, 0.15) is 31.0 Å². The summed E-state index contributed by atoms with van der Waals surface area (Å²) in [6.07, 6.45) is -0.711. The van der Waals surface area contributed by atoms with Crippen molar-refractivity contribution in [2.75, 3.05) is 11.5 Å². The zero-order chi connectivity index (χ0) is 47.5. The minimum atomic E-state index is -5.09. The fourth-order valence-corrected chi connectivity index (χ4v) is 10.9. The Morgan fingerprint density at radius 2 is 0.692 bits per heavy atom. The number of anilines is 2. The summed E-state index contributed by atoms with van der Waals surface area (Å²) in [5.74, 6) is 0. The van der Waals surface area contributed by atoms with Crippen molar-refractivity contribution < 1.29 is 77.8 Å². The first-order valence-electron chi connectivity index (χ1n) is 17.0. The molecule has 339 valence electrons. The van der Waals surface area contributed by atoms with Crippen LogP contribution in [-0.2, 0) is 73.6 Å². The van der Waals surface area contributed by atoms with Gasteiger partial charge in [0, 0.05) is 51.1 Å². The number of benzene rings is 6. The summed E-state index contributed by atoms with van der Waals surface area (Å²) in [6.45, 7) is 0. The number of nitrogen functional groups attached to an aromatic ring is 2. The van der Waals surface area contributed by atoms with Crippen LogP contribution in [0.25, 0.3) is 21.5 Å². The van der Waals surface area contributed by atoms with Crippen molar-refractivity contribution in [2.24, 2.45) is 20.5 Å². The van der Waals surface area contributed by atoms with Crippen LogP contribution in [0.2, 0.25) is 0 Å². The quantitative estimate of drug-likeness (QED) is 0.0331. The standard InChI is InChI=1S/C34H28N6O18S6.Na/c35-33-23(15-29(63(53,54)55)21-3-1-5-25(31(21)33)59(41,42)43)39-37-19-11-9-17(27(13-19)61(47,48)49)7-8-18-10-12-20(14-28(18)62(50,51)52)38-40-24-16-30(64(56,57)58)22-4-2-6-26(60(44,45)46)32(22)34(24)36;/h1-6,9-16H,7-8,35-36H2,(H,41,42,43)(H,44,45,46)(H,47,48,49)(H,50,51,52)(H,53,54,55)(H,56,57,58);. The third-order valence-electron chi connectivity index (χ3n) is 9.19. The molecule has 6 aromatic rings. The maximum atomic E-state index is 12.5. The number of hydrogen-bond acceptors (Lipinski definition) is 18. The molecule has 0 unspecified atom stereocenters. The number of fused-ring (bicyclic) bond motifs is 2.